The molecule has 0 heterocycles. The fourth-order valence-corrected chi connectivity index (χ4v) is 2.69. The number of hydrogen-bond donors (Lipinski definition) is 0. The number of benzene rings is 2. The molecule has 0 aliphatic heterocycles. The Balaban J connectivity index is 2.03. The average Bonchev–Trinajstić information content (AvgIpc) is 2.74. The molecule has 0 amide bonds. The van der Waals surface area contributed by atoms with E-state index in [1.54, 1.807) is 6.26 Å². The molecule has 3 rings (SSSR count). The molecule has 1 aliphatic carbocycles. The number of ether oxygens (including phenoxy) is 1. The maximum Gasteiger partial charge on any atom is 0.0982 e. The fraction of sp³-hybridized carbons (Fsp3) is 0.176. The van der Waals surface area contributed by atoms with Crippen LogP contribution in [0.3, 0.4) is 0 Å². The highest BCUT2D eigenvalue weighted by Crippen LogP contribution is 2.44. The Morgan fingerprint density at radius 2 is 1.50 bits per heavy atom. The van der Waals surface area contributed by atoms with Gasteiger partial charge in [-0.25, -0.2) is 0 Å². The Labute approximate surface area is 108 Å². The topological polar surface area (TPSA) is 9.23 Å². The Hall–Kier alpha value is -2.02. The zero-order valence-corrected chi connectivity index (χ0v) is 10.5. The van der Waals surface area contributed by atoms with Gasteiger partial charge in [0, 0.05) is 5.92 Å². The van der Waals surface area contributed by atoms with Gasteiger partial charge in [0.25, 0.3) is 0 Å². The standard InChI is InChI=1S/C17H16O/c1-2-11-18-12-17-15-9-5-3-7-13(15)14-8-4-6-10-16(14)17/h2-11,17H,12H2,1H3. The van der Waals surface area contributed by atoms with E-state index in [1.165, 1.54) is 22.3 Å². The molecular formula is C17H16O. The van der Waals surface area contributed by atoms with Gasteiger partial charge in [-0.3, -0.25) is 0 Å². The summed E-state index contributed by atoms with van der Waals surface area (Å²) in [5, 5.41) is 0. The van der Waals surface area contributed by atoms with E-state index in [0.29, 0.717) is 12.5 Å². The molecule has 0 unspecified atom stereocenters. The molecule has 18 heavy (non-hydrogen) atoms. The Kier molecular flexibility index (Phi) is 2.89. The van der Waals surface area contributed by atoms with E-state index in [1.807, 2.05) is 13.0 Å². The third kappa shape index (κ3) is 1.72. The number of allylic oxidation sites excluding steroid dienone is 1. The zero-order valence-electron chi connectivity index (χ0n) is 10.5. The van der Waals surface area contributed by atoms with Gasteiger partial charge in [-0.15, -0.1) is 0 Å². The zero-order chi connectivity index (χ0) is 12.4. The Morgan fingerprint density at radius 1 is 0.944 bits per heavy atom. The normalized spacial score (nSPS) is 13.6. The summed E-state index contributed by atoms with van der Waals surface area (Å²) < 4.78 is 5.60. The minimum Gasteiger partial charge on any atom is -0.501 e. The first-order valence-corrected chi connectivity index (χ1v) is 6.33. The predicted molar refractivity (Wildman–Crippen MR) is 74.5 cm³/mol. The van der Waals surface area contributed by atoms with Gasteiger partial charge in [0.15, 0.2) is 0 Å². The summed E-state index contributed by atoms with van der Waals surface area (Å²) in [4.78, 5) is 0. The maximum atomic E-state index is 5.60. The van der Waals surface area contributed by atoms with Gasteiger partial charge in [-0.05, 0) is 29.2 Å². The van der Waals surface area contributed by atoms with Crippen LogP contribution in [0.1, 0.15) is 24.0 Å². The molecule has 2 aromatic rings. The highest BCUT2D eigenvalue weighted by atomic mass is 16.5. The number of rotatable bonds is 3. The Morgan fingerprint density at radius 3 is 2.06 bits per heavy atom. The molecule has 1 heteroatoms. The van der Waals surface area contributed by atoms with Gasteiger partial charge in [-0.2, -0.15) is 0 Å². The minimum absolute atomic E-state index is 0.355. The lowest BCUT2D eigenvalue weighted by atomic mass is 9.98. The molecule has 0 N–H and O–H groups in total. The second-order valence-corrected chi connectivity index (χ2v) is 4.53. The van der Waals surface area contributed by atoms with Crippen molar-refractivity contribution in [2.24, 2.45) is 0 Å². The molecule has 0 bridgehead atoms. The second-order valence-electron chi connectivity index (χ2n) is 4.53. The first kappa shape index (κ1) is 11.1. The molecule has 0 radical (unpaired) electrons. The summed E-state index contributed by atoms with van der Waals surface area (Å²) in [5.74, 6) is 0.355. The van der Waals surface area contributed by atoms with E-state index < -0.39 is 0 Å². The highest BCUT2D eigenvalue weighted by molar-refractivity contribution is 5.78. The Bertz CT molecular complexity index is 538. The number of fused-ring (bicyclic) bond motifs is 3. The van der Waals surface area contributed by atoms with E-state index in [4.69, 9.17) is 4.74 Å². The number of hydrogen-bond acceptors (Lipinski definition) is 1. The van der Waals surface area contributed by atoms with Crippen molar-refractivity contribution in [3.63, 3.8) is 0 Å². The van der Waals surface area contributed by atoms with E-state index >= 15 is 0 Å². The van der Waals surface area contributed by atoms with Crippen LogP contribution in [-0.4, -0.2) is 6.61 Å². The molecule has 0 atom stereocenters. The van der Waals surface area contributed by atoms with Gasteiger partial charge in [-0.1, -0.05) is 54.6 Å². The summed E-state index contributed by atoms with van der Waals surface area (Å²) in [5.41, 5.74) is 5.45. The third-order valence-corrected chi connectivity index (χ3v) is 3.46. The SMILES string of the molecule is CC=COCC1c2ccccc2-c2ccccc21. The van der Waals surface area contributed by atoms with Crippen molar-refractivity contribution in [3.05, 3.63) is 72.0 Å². The molecule has 1 aliphatic rings. The van der Waals surface area contributed by atoms with Gasteiger partial charge in [0.2, 0.25) is 0 Å². The van der Waals surface area contributed by atoms with Crippen LogP contribution in [0.5, 0.6) is 0 Å². The molecule has 2 aromatic carbocycles. The van der Waals surface area contributed by atoms with E-state index in [2.05, 4.69) is 48.5 Å². The van der Waals surface area contributed by atoms with Gasteiger partial charge in [0.1, 0.15) is 0 Å². The first-order valence-electron chi connectivity index (χ1n) is 6.33. The summed E-state index contributed by atoms with van der Waals surface area (Å²) in [6.45, 7) is 2.68. The summed E-state index contributed by atoms with van der Waals surface area (Å²) >= 11 is 0. The highest BCUT2D eigenvalue weighted by Gasteiger charge is 2.27. The monoisotopic (exact) mass is 236 g/mol. The van der Waals surface area contributed by atoms with Crippen molar-refractivity contribution < 1.29 is 4.74 Å². The minimum atomic E-state index is 0.355. The first-order chi connectivity index (χ1) is 8.92. The molecule has 0 fully saturated rings. The van der Waals surface area contributed by atoms with Crippen LogP contribution in [-0.2, 0) is 4.74 Å². The quantitative estimate of drug-likeness (QED) is 0.720. The molecule has 90 valence electrons. The van der Waals surface area contributed by atoms with Crippen LogP contribution >= 0.6 is 0 Å². The molecular weight excluding hydrogens is 220 g/mol. The van der Waals surface area contributed by atoms with Crippen molar-refractivity contribution in [3.8, 4) is 11.1 Å². The van der Waals surface area contributed by atoms with Crippen molar-refractivity contribution >= 4 is 0 Å². The van der Waals surface area contributed by atoms with Crippen molar-refractivity contribution in [2.75, 3.05) is 6.61 Å². The van der Waals surface area contributed by atoms with Gasteiger partial charge >= 0.3 is 0 Å². The summed E-state index contributed by atoms with van der Waals surface area (Å²) in [7, 11) is 0. The summed E-state index contributed by atoms with van der Waals surface area (Å²) in [6, 6.07) is 17.2. The van der Waals surface area contributed by atoms with Crippen molar-refractivity contribution in [1.29, 1.82) is 0 Å². The van der Waals surface area contributed by atoms with Crippen molar-refractivity contribution in [2.45, 2.75) is 12.8 Å². The molecule has 0 aromatic heterocycles. The smallest absolute Gasteiger partial charge is 0.0982 e. The molecule has 0 spiro atoms. The maximum absolute atomic E-state index is 5.60. The fourth-order valence-electron chi connectivity index (χ4n) is 2.69. The second kappa shape index (κ2) is 4.69. The van der Waals surface area contributed by atoms with Crippen LogP contribution in [0, 0.1) is 0 Å². The largest absolute Gasteiger partial charge is 0.501 e. The van der Waals surface area contributed by atoms with E-state index in [9.17, 15) is 0 Å². The van der Waals surface area contributed by atoms with Gasteiger partial charge < -0.3 is 4.74 Å². The average molecular weight is 236 g/mol. The van der Waals surface area contributed by atoms with E-state index in [0.717, 1.165) is 0 Å². The molecule has 1 nitrogen and oxygen atoms in total. The van der Waals surface area contributed by atoms with Crippen LogP contribution in [0.15, 0.2) is 60.9 Å². The van der Waals surface area contributed by atoms with Crippen LogP contribution in [0.4, 0.5) is 0 Å². The molecule has 0 saturated heterocycles. The van der Waals surface area contributed by atoms with Crippen LogP contribution < -0.4 is 0 Å². The predicted octanol–water partition coefficient (Wildman–Crippen LogP) is 4.35. The van der Waals surface area contributed by atoms with E-state index in [-0.39, 0.29) is 0 Å². The van der Waals surface area contributed by atoms with Crippen molar-refractivity contribution in [1.82, 2.24) is 0 Å². The lowest BCUT2D eigenvalue weighted by molar-refractivity contribution is 0.239. The molecule has 0 saturated carbocycles. The van der Waals surface area contributed by atoms with Crippen LogP contribution in [0.2, 0.25) is 0 Å². The lowest BCUT2D eigenvalue weighted by Crippen LogP contribution is -2.03. The lowest BCUT2D eigenvalue weighted by Gasteiger charge is -2.12. The summed E-state index contributed by atoms with van der Waals surface area (Å²) in [6.07, 6.45) is 3.69. The third-order valence-electron chi connectivity index (χ3n) is 3.46. The van der Waals surface area contributed by atoms with Gasteiger partial charge in [0.05, 0.1) is 12.9 Å². The van der Waals surface area contributed by atoms with Crippen LogP contribution in [0.25, 0.3) is 11.1 Å².